The zero-order valence-corrected chi connectivity index (χ0v) is 21.3. The van der Waals surface area contributed by atoms with Crippen LogP contribution in [-0.4, -0.2) is 42.4 Å². The molecule has 2 amide bonds. The van der Waals surface area contributed by atoms with Crippen LogP contribution in [-0.2, 0) is 21.5 Å². The van der Waals surface area contributed by atoms with Crippen molar-refractivity contribution >= 4 is 11.8 Å². The lowest BCUT2D eigenvalue weighted by Gasteiger charge is -2.62. The molecular weight excluding hydrogens is 446 g/mol. The Morgan fingerprint density at radius 2 is 1.58 bits per heavy atom. The van der Waals surface area contributed by atoms with Crippen LogP contribution in [0.4, 0.5) is 0 Å². The molecule has 5 fully saturated rings. The maximum atomic E-state index is 13.1. The number of likely N-dealkylation sites (tertiary alicyclic amines) is 1. The minimum atomic E-state index is -0.0684. The van der Waals surface area contributed by atoms with E-state index in [0.717, 1.165) is 44.3 Å². The van der Waals surface area contributed by atoms with Gasteiger partial charge in [0.1, 0.15) is 0 Å². The Morgan fingerprint density at radius 3 is 2.31 bits per heavy atom. The highest BCUT2D eigenvalue weighted by molar-refractivity contribution is 5.85. The maximum absolute atomic E-state index is 13.1. The van der Waals surface area contributed by atoms with Gasteiger partial charge in [0.25, 0.3) is 0 Å². The first-order valence-corrected chi connectivity index (χ1v) is 13.9. The molecule has 2 aromatic rings. The number of rotatable bonds is 8. The molecule has 0 spiro atoms. The highest BCUT2D eigenvalue weighted by atomic mass is 16.2. The van der Waals surface area contributed by atoms with E-state index in [-0.39, 0.29) is 35.2 Å². The van der Waals surface area contributed by atoms with Crippen molar-refractivity contribution in [2.24, 2.45) is 17.3 Å². The van der Waals surface area contributed by atoms with Crippen molar-refractivity contribution in [3.63, 3.8) is 0 Å². The Balaban J connectivity index is 0.997. The number of hydrogen-bond acceptors (Lipinski definition) is 3. The Morgan fingerprint density at radius 1 is 0.889 bits per heavy atom. The molecule has 2 aromatic carbocycles. The van der Waals surface area contributed by atoms with E-state index in [2.05, 4.69) is 70.1 Å². The fourth-order valence-electron chi connectivity index (χ4n) is 8.58. The van der Waals surface area contributed by atoms with Crippen molar-refractivity contribution in [2.45, 2.75) is 69.4 Å². The van der Waals surface area contributed by atoms with Gasteiger partial charge in [0.05, 0.1) is 6.54 Å². The first-order chi connectivity index (χ1) is 17.5. The molecule has 5 nitrogen and oxygen atoms in total. The lowest BCUT2D eigenvalue weighted by molar-refractivity contribution is -0.133. The fraction of sp³-hybridized carbons (Fsp3) is 0.548. The third-order valence-corrected chi connectivity index (χ3v) is 9.44. The van der Waals surface area contributed by atoms with Gasteiger partial charge in [-0.2, -0.15) is 0 Å². The highest BCUT2D eigenvalue weighted by Gasteiger charge is 2.58. The average Bonchev–Trinajstić information content (AvgIpc) is 3.29. The molecule has 1 saturated heterocycles. The summed E-state index contributed by atoms with van der Waals surface area (Å²) in [5.41, 5.74) is 3.12. The molecule has 4 aliphatic carbocycles. The van der Waals surface area contributed by atoms with Crippen LogP contribution in [0.1, 0.15) is 62.5 Å². The van der Waals surface area contributed by atoms with Gasteiger partial charge in [-0.15, -0.1) is 0 Å². The summed E-state index contributed by atoms with van der Waals surface area (Å²) in [5, 5.41) is 6.11. The third kappa shape index (κ3) is 4.95. The van der Waals surface area contributed by atoms with Crippen molar-refractivity contribution in [1.29, 1.82) is 0 Å². The van der Waals surface area contributed by atoms with Gasteiger partial charge in [0.15, 0.2) is 0 Å². The molecule has 190 valence electrons. The van der Waals surface area contributed by atoms with Gasteiger partial charge in [-0.25, -0.2) is 0 Å². The van der Waals surface area contributed by atoms with Gasteiger partial charge in [0.2, 0.25) is 11.8 Å². The van der Waals surface area contributed by atoms with Gasteiger partial charge in [-0.3, -0.25) is 14.5 Å². The largest absolute Gasteiger partial charge is 0.350 e. The minimum Gasteiger partial charge on any atom is -0.350 e. The molecule has 36 heavy (non-hydrogen) atoms. The SMILES string of the molecule is O=C(CC12CC3CC(C1)CC(c1ccccc1)(C3)C2)NCC(=O)N[C@@H]1CCN(Cc2ccccc2)C1. The van der Waals surface area contributed by atoms with Crippen LogP contribution in [0.2, 0.25) is 0 Å². The van der Waals surface area contributed by atoms with Crippen LogP contribution >= 0.6 is 0 Å². The zero-order valence-electron chi connectivity index (χ0n) is 21.3. The molecule has 7 rings (SSSR count). The predicted octanol–water partition coefficient (Wildman–Crippen LogP) is 4.42. The lowest BCUT2D eigenvalue weighted by Crippen LogP contribution is -2.55. The summed E-state index contributed by atoms with van der Waals surface area (Å²) in [6.07, 6.45) is 8.90. The van der Waals surface area contributed by atoms with Crippen LogP contribution in [0.25, 0.3) is 0 Å². The summed E-state index contributed by atoms with van der Waals surface area (Å²) in [5.74, 6) is 1.46. The summed E-state index contributed by atoms with van der Waals surface area (Å²) >= 11 is 0. The van der Waals surface area contributed by atoms with Crippen LogP contribution in [0.3, 0.4) is 0 Å². The van der Waals surface area contributed by atoms with Crippen LogP contribution in [0, 0.1) is 17.3 Å². The van der Waals surface area contributed by atoms with Crippen LogP contribution < -0.4 is 10.6 Å². The summed E-state index contributed by atoms with van der Waals surface area (Å²) in [4.78, 5) is 28.1. The Hall–Kier alpha value is -2.66. The summed E-state index contributed by atoms with van der Waals surface area (Å²) in [6.45, 7) is 2.85. The lowest BCUT2D eigenvalue weighted by atomic mass is 9.42. The van der Waals surface area contributed by atoms with Gasteiger partial charge in [-0.1, -0.05) is 60.7 Å². The number of carbonyl (C=O) groups is 2. The first kappa shape index (κ1) is 23.7. The Kier molecular flexibility index (Phi) is 6.37. The standard InChI is InChI=1S/C31H39N3O2/c35-28(32-19-29(36)33-27-11-12-34(21-27)20-23-7-3-1-4-8-23)18-30-14-24-13-25(15-30)17-31(16-24,22-30)26-9-5-2-6-10-26/h1-10,24-25,27H,11-22H2,(H,32,35)(H,33,36)/t24?,25?,27-,30?,31?/m1/s1. The molecule has 2 N–H and O–H groups in total. The first-order valence-electron chi connectivity index (χ1n) is 13.9. The number of benzene rings is 2. The number of nitrogens with one attached hydrogen (secondary N) is 2. The Bertz CT molecular complexity index is 1070. The molecule has 1 aliphatic heterocycles. The van der Waals surface area contributed by atoms with Gasteiger partial charge in [0, 0.05) is 32.1 Å². The number of carbonyl (C=O) groups excluding carboxylic acids is 2. The molecular formula is C31H39N3O2. The fourth-order valence-corrected chi connectivity index (χ4v) is 8.58. The Labute approximate surface area is 215 Å². The van der Waals surface area contributed by atoms with Crippen LogP contribution in [0.5, 0.6) is 0 Å². The second-order valence-corrected chi connectivity index (χ2v) is 12.3. The van der Waals surface area contributed by atoms with Gasteiger partial charge >= 0.3 is 0 Å². The molecule has 3 atom stereocenters. The van der Waals surface area contributed by atoms with E-state index in [9.17, 15) is 9.59 Å². The monoisotopic (exact) mass is 485 g/mol. The van der Waals surface area contributed by atoms with Crippen molar-refractivity contribution in [1.82, 2.24) is 15.5 Å². The van der Waals surface area contributed by atoms with Crippen molar-refractivity contribution in [3.05, 3.63) is 71.8 Å². The second-order valence-electron chi connectivity index (χ2n) is 12.3. The molecule has 1 heterocycles. The van der Waals surface area contributed by atoms with E-state index in [1.807, 2.05) is 6.07 Å². The normalized spacial score (nSPS) is 32.9. The third-order valence-electron chi connectivity index (χ3n) is 9.44. The molecule has 2 unspecified atom stereocenters. The predicted molar refractivity (Wildman–Crippen MR) is 141 cm³/mol. The highest BCUT2D eigenvalue weighted by Crippen LogP contribution is 2.66. The summed E-state index contributed by atoms with van der Waals surface area (Å²) in [6, 6.07) is 21.7. The van der Waals surface area contributed by atoms with E-state index in [4.69, 9.17) is 0 Å². The molecule has 5 heteroatoms. The number of hydrogen-bond donors (Lipinski definition) is 2. The minimum absolute atomic E-state index is 0.0486. The quantitative estimate of drug-likeness (QED) is 0.582. The van der Waals surface area contributed by atoms with Crippen molar-refractivity contribution in [3.8, 4) is 0 Å². The maximum Gasteiger partial charge on any atom is 0.239 e. The van der Waals surface area contributed by atoms with E-state index in [1.165, 1.54) is 43.2 Å². The molecule has 4 saturated carbocycles. The number of nitrogens with zero attached hydrogens (tertiary/aromatic N) is 1. The average molecular weight is 486 g/mol. The van der Waals surface area contributed by atoms with E-state index < -0.39 is 0 Å². The molecule has 0 aromatic heterocycles. The smallest absolute Gasteiger partial charge is 0.239 e. The summed E-state index contributed by atoms with van der Waals surface area (Å²) in [7, 11) is 0. The van der Waals surface area contributed by atoms with Crippen molar-refractivity contribution in [2.75, 3.05) is 19.6 Å². The van der Waals surface area contributed by atoms with Gasteiger partial charge < -0.3 is 10.6 Å². The molecule has 5 aliphatic rings. The zero-order chi connectivity index (χ0) is 24.6. The van der Waals surface area contributed by atoms with E-state index in [1.54, 1.807) is 0 Å². The van der Waals surface area contributed by atoms with Crippen LogP contribution in [0.15, 0.2) is 60.7 Å². The summed E-state index contributed by atoms with van der Waals surface area (Å²) < 4.78 is 0. The van der Waals surface area contributed by atoms with Crippen molar-refractivity contribution < 1.29 is 9.59 Å². The second kappa shape index (κ2) is 9.66. The van der Waals surface area contributed by atoms with E-state index >= 15 is 0 Å². The van der Waals surface area contributed by atoms with E-state index in [0.29, 0.717) is 6.42 Å². The molecule has 4 bridgehead atoms. The topological polar surface area (TPSA) is 61.4 Å². The van der Waals surface area contributed by atoms with Gasteiger partial charge in [-0.05, 0) is 78.7 Å². The molecule has 0 radical (unpaired) electrons. The number of amides is 2.